The monoisotopic (exact) mass is 299 g/mol. The summed E-state index contributed by atoms with van der Waals surface area (Å²) in [6, 6.07) is 3.68. The summed E-state index contributed by atoms with van der Waals surface area (Å²) in [6.45, 7) is 0.249. The Balaban J connectivity index is 2.34. The predicted octanol–water partition coefficient (Wildman–Crippen LogP) is 2.85. The van der Waals surface area contributed by atoms with Crippen LogP contribution in [0.1, 0.15) is 16.8 Å². The van der Waals surface area contributed by atoms with Crippen LogP contribution in [0.15, 0.2) is 30.4 Å². The Morgan fingerprint density at radius 1 is 1.26 bits per heavy atom. The largest absolute Gasteiger partial charge is 0.480 e. The van der Waals surface area contributed by atoms with Crippen LogP contribution in [0.4, 0.5) is 0 Å². The quantitative estimate of drug-likeness (QED) is 0.854. The van der Waals surface area contributed by atoms with Crippen molar-refractivity contribution >= 4 is 35.1 Å². The molecule has 0 spiro atoms. The van der Waals surface area contributed by atoms with Gasteiger partial charge < -0.3 is 10.0 Å². The molecule has 1 N–H and O–H groups in total. The first-order chi connectivity index (χ1) is 9.00. The summed E-state index contributed by atoms with van der Waals surface area (Å²) in [6.07, 6.45) is 3.80. The van der Waals surface area contributed by atoms with Gasteiger partial charge in [0.1, 0.15) is 6.04 Å². The van der Waals surface area contributed by atoms with Crippen molar-refractivity contribution < 1.29 is 14.7 Å². The number of amides is 1. The SMILES string of the molecule is O=C(O)[C@@H]1CC=CCN1C(=O)c1cc(Cl)ccc1Cl. The van der Waals surface area contributed by atoms with Crippen LogP contribution in [0.25, 0.3) is 0 Å². The van der Waals surface area contributed by atoms with Gasteiger partial charge in [0, 0.05) is 11.6 Å². The number of halogens is 2. The Labute approximate surface area is 120 Å². The number of rotatable bonds is 2. The first-order valence-corrected chi connectivity index (χ1v) is 6.40. The van der Waals surface area contributed by atoms with Gasteiger partial charge >= 0.3 is 5.97 Å². The van der Waals surface area contributed by atoms with Gasteiger partial charge in [0.25, 0.3) is 5.91 Å². The van der Waals surface area contributed by atoms with Crippen molar-refractivity contribution in [3.63, 3.8) is 0 Å². The maximum absolute atomic E-state index is 12.4. The maximum atomic E-state index is 12.4. The van der Waals surface area contributed by atoms with Gasteiger partial charge in [-0.2, -0.15) is 0 Å². The van der Waals surface area contributed by atoms with Crippen LogP contribution < -0.4 is 0 Å². The zero-order valence-corrected chi connectivity index (χ0v) is 11.4. The van der Waals surface area contributed by atoms with Crippen molar-refractivity contribution in [2.45, 2.75) is 12.5 Å². The number of carboxylic acid groups (broad SMARTS) is 1. The molecule has 1 amide bonds. The number of nitrogens with zero attached hydrogens (tertiary/aromatic N) is 1. The highest BCUT2D eigenvalue weighted by molar-refractivity contribution is 6.35. The third-order valence-corrected chi connectivity index (χ3v) is 3.47. The van der Waals surface area contributed by atoms with Crippen LogP contribution >= 0.6 is 23.2 Å². The molecule has 1 heterocycles. The Bertz CT molecular complexity index is 557. The lowest BCUT2D eigenvalue weighted by Gasteiger charge is -2.30. The second kappa shape index (κ2) is 5.63. The van der Waals surface area contributed by atoms with Crippen LogP contribution in [-0.2, 0) is 4.79 Å². The summed E-state index contributed by atoms with van der Waals surface area (Å²) < 4.78 is 0. The van der Waals surface area contributed by atoms with Crippen LogP contribution in [0.2, 0.25) is 10.0 Å². The average Bonchev–Trinajstić information content (AvgIpc) is 2.40. The number of hydrogen-bond acceptors (Lipinski definition) is 2. The molecule has 0 fully saturated rings. The third-order valence-electron chi connectivity index (χ3n) is 2.91. The Morgan fingerprint density at radius 3 is 2.68 bits per heavy atom. The number of carbonyl (C=O) groups excluding carboxylic acids is 1. The van der Waals surface area contributed by atoms with E-state index in [1.54, 1.807) is 18.2 Å². The van der Waals surface area contributed by atoms with Gasteiger partial charge in [-0.3, -0.25) is 4.79 Å². The standard InChI is InChI=1S/C13H11Cl2NO3/c14-8-4-5-10(15)9(7-8)12(17)16-6-2-1-3-11(16)13(18)19/h1-2,4-5,7,11H,3,6H2,(H,18,19)/t11-/m0/s1. The fourth-order valence-corrected chi connectivity index (χ4v) is 2.31. The van der Waals surface area contributed by atoms with E-state index in [-0.39, 0.29) is 17.1 Å². The van der Waals surface area contributed by atoms with E-state index in [0.717, 1.165) is 0 Å². The molecule has 1 atom stereocenters. The van der Waals surface area contributed by atoms with Crippen LogP contribution in [0.3, 0.4) is 0 Å². The van der Waals surface area contributed by atoms with Crippen LogP contribution in [0.5, 0.6) is 0 Å². The number of benzene rings is 1. The van der Waals surface area contributed by atoms with Crippen molar-refractivity contribution in [3.05, 3.63) is 46.0 Å². The summed E-state index contributed by atoms with van der Waals surface area (Å²) >= 11 is 11.8. The minimum Gasteiger partial charge on any atom is -0.480 e. The van der Waals surface area contributed by atoms with Crippen molar-refractivity contribution in [1.82, 2.24) is 4.90 Å². The third kappa shape index (κ3) is 2.91. The van der Waals surface area contributed by atoms with E-state index >= 15 is 0 Å². The van der Waals surface area contributed by atoms with Gasteiger partial charge in [-0.25, -0.2) is 4.79 Å². The Kier molecular flexibility index (Phi) is 4.12. The van der Waals surface area contributed by atoms with E-state index in [1.807, 2.05) is 0 Å². The molecule has 6 heteroatoms. The lowest BCUT2D eigenvalue weighted by atomic mass is 10.1. The van der Waals surface area contributed by atoms with Crippen molar-refractivity contribution in [1.29, 1.82) is 0 Å². The molecule has 0 aliphatic carbocycles. The molecule has 0 aromatic heterocycles. The molecular weight excluding hydrogens is 289 g/mol. The first-order valence-electron chi connectivity index (χ1n) is 5.64. The molecule has 1 aromatic carbocycles. The maximum Gasteiger partial charge on any atom is 0.326 e. The molecule has 100 valence electrons. The van der Waals surface area contributed by atoms with Gasteiger partial charge in [-0.05, 0) is 24.6 Å². The summed E-state index contributed by atoms with van der Waals surface area (Å²) in [5.74, 6) is -1.46. The number of carboxylic acids is 1. The molecule has 0 saturated carbocycles. The van der Waals surface area contributed by atoms with Gasteiger partial charge in [0.2, 0.25) is 0 Å². The highest BCUT2D eigenvalue weighted by Gasteiger charge is 2.31. The molecule has 19 heavy (non-hydrogen) atoms. The zero-order chi connectivity index (χ0) is 14.0. The van der Waals surface area contributed by atoms with Crippen LogP contribution in [0, 0.1) is 0 Å². The highest BCUT2D eigenvalue weighted by atomic mass is 35.5. The van der Waals surface area contributed by atoms with E-state index < -0.39 is 17.9 Å². The second-order valence-electron chi connectivity index (χ2n) is 4.14. The normalized spacial score (nSPS) is 18.4. The Hall–Kier alpha value is -1.52. The van der Waals surface area contributed by atoms with Crippen LogP contribution in [-0.4, -0.2) is 34.5 Å². The summed E-state index contributed by atoms with van der Waals surface area (Å²) in [5, 5.41) is 9.78. The van der Waals surface area contributed by atoms with E-state index in [0.29, 0.717) is 11.4 Å². The van der Waals surface area contributed by atoms with Gasteiger partial charge in [0.15, 0.2) is 0 Å². The minimum atomic E-state index is -1.03. The molecule has 0 radical (unpaired) electrons. The van der Waals surface area contributed by atoms with Gasteiger partial charge in [-0.1, -0.05) is 35.4 Å². The molecule has 0 unspecified atom stereocenters. The second-order valence-corrected chi connectivity index (χ2v) is 4.99. The molecule has 1 aliphatic heterocycles. The topological polar surface area (TPSA) is 57.6 Å². The number of hydrogen-bond donors (Lipinski definition) is 1. The molecule has 2 rings (SSSR count). The molecule has 1 aromatic rings. The molecular formula is C13H11Cl2NO3. The first kappa shape index (κ1) is 13.9. The van der Waals surface area contributed by atoms with Gasteiger partial charge in [-0.15, -0.1) is 0 Å². The smallest absolute Gasteiger partial charge is 0.326 e. The van der Waals surface area contributed by atoms with Crippen molar-refractivity contribution in [2.75, 3.05) is 6.54 Å². The van der Waals surface area contributed by atoms with E-state index in [2.05, 4.69) is 0 Å². The van der Waals surface area contributed by atoms with E-state index in [4.69, 9.17) is 28.3 Å². The molecule has 1 aliphatic rings. The summed E-state index contributed by atoms with van der Waals surface area (Å²) in [5.41, 5.74) is 0.218. The van der Waals surface area contributed by atoms with Gasteiger partial charge in [0.05, 0.1) is 10.6 Å². The molecule has 0 saturated heterocycles. The number of carbonyl (C=O) groups is 2. The van der Waals surface area contributed by atoms with E-state index in [1.165, 1.54) is 17.0 Å². The highest BCUT2D eigenvalue weighted by Crippen LogP contribution is 2.24. The number of aliphatic carboxylic acids is 1. The van der Waals surface area contributed by atoms with Crippen molar-refractivity contribution in [3.8, 4) is 0 Å². The average molecular weight is 300 g/mol. The predicted molar refractivity (Wildman–Crippen MR) is 72.7 cm³/mol. The van der Waals surface area contributed by atoms with E-state index in [9.17, 15) is 9.59 Å². The fourth-order valence-electron chi connectivity index (χ4n) is 1.94. The zero-order valence-electron chi connectivity index (χ0n) is 9.85. The molecule has 0 bridgehead atoms. The minimum absolute atomic E-state index is 0.218. The Morgan fingerprint density at radius 2 is 2.00 bits per heavy atom. The van der Waals surface area contributed by atoms with Crippen molar-refractivity contribution in [2.24, 2.45) is 0 Å². The lowest BCUT2D eigenvalue weighted by Crippen LogP contribution is -2.46. The fraction of sp³-hybridized carbons (Fsp3) is 0.231. The summed E-state index contributed by atoms with van der Waals surface area (Å²) in [7, 11) is 0. The molecule has 4 nitrogen and oxygen atoms in total. The summed E-state index contributed by atoms with van der Waals surface area (Å²) in [4.78, 5) is 24.8. The lowest BCUT2D eigenvalue weighted by molar-refractivity contribution is -0.142.